The zero-order valence-electron chi connectivity index (χ0n) is 24.9. The second-order valence-electron chi connectivity index (χ2n) is 11.2. The van der Waals surface area contributed by atoms with Gasteiger partial charge in [-0.1, -0.05) is 0 Å². The number of esters is 1. The number of ether oxygens (including phenoxy) is 2. The molecule has 1 aromatic carbocycles. The van der Waals surface area contributed by atoms with Crippen LogP contribution < -0.4 is 15.1 Å². The van der Waals surface area contributed by atoms with Gasteiger partial charge in [-0.3, -0.25) is 19.2 Å². The molecule has 2 aromatic heterocycles. The molecule has 1 N–H and O–H groups in total. The molecule has 0 radical (unpaired) electrons. The van der Waals surface area contributed by atoms with E-state index in [0.29, 0.717) is 35.7 Å². The van der Waals surface area contributed by atoms with Gasteiger partial charge in [0.1, 0.15) is 11.5 Å². The Kier molecular flexibility index (Phi) is 8.84. The summed E-state index contributed by atoms with van der Waals surface area (Å²) in [6.45, 7) is 6.92. The first-order valence-electron chi connectivity index (χ1n) is 14.3. The van der Waals surface area contributed by atoms with E-state index in [4.69, 9.17) is 13.9 Å². The Labute approximate surface area is 250 Å². The number of carbonyl (C=O) groups excluding carboxylic acids is 1. The molecule has 0 spiro atoms. The molecule has 0 aliphatic carbocycles. The number of nitrogens with zero attached hydrogens (tertiary/aromatic N) is 4. The number of hydrogen-bond acceptors (Lipinski definition) is 11. The fourth-order valence-corrected chi connectivity index (χ4v) is 7.82. The number of methoxy groups -OCH3 is 2. The Morgan fingerprint density at radius 1 is 1.14 bits per heavy atom. The minimum atomic E-state index is -3.16. The highest BCUT2D eigenvalue weighted by Crippen LogP contribution is 2.38. The highest BCUT2D eigenvalue weighted by Gasteiger charge is 2.35. The van der Waals surface area contributed by atoms with Gasteiger partial charge in [0, 0.05) is 49.2 Å². The van der Waals surface area contributed by atoms with Crippen molar-refractivity contribution in [3.05, 3.63) is 69.0 Å². The molecule has 43 heavy (non-hydrogen) atoms. The number of sulfone groups is 1. The van der Waals surface area contributed by atoms with Gasteiger partial charge in [0.2, 0.25) is 11.2 Å². The zero-order chi connectivity index (χ0) is 30.9. The van der Waals surface area contributed by atoms with Crippen molar-refractivity contribution in [3.63, 3.8) is 0 Å². The summed E-state index contributed by atoms with van der Waals surface area (Å²) in [6.07, 6.45) is 0.236. The molecule has 2 unspecified atom stereocenters. The molecule has 232 valence electrons. The van der Waals surface area contributed by atoms with Gasteiger partial charge in [-0.2, -0.15) is 5.10 Å². The van der Waals surface area contributed by atoms with Crippen molar-refractivity contribution in [2.75, 3.05) is 56.8 Å². The summed E-state index contributed by atoms with van der Waals surface area (Å²) in [4.78, 5) is 30.0. The number of aromatic nitrogens is 2. The molecular weight excluding hydrogens is 576 g/mol. The maximum absolute atomic E-state index is 13.0. The van der Waals surface area contributed by atoms with E-state index in [1.54, 1.807) is 25.6 Å². The third-order valence-electron chi connectivity index (χ3n) is 8.39. The highest BCUT2D eigenvalue weighted by atomic mass is 32.2. The van der Waals surface area contributed by atoms with E-state index in [9.17, 15) is 23.1 Å². The average Bonchev–Trinajstić information content (AvgIpc) is 3.50. The zero-order valence-corrected chi connectivity index (χ0v) is 25.7. The SMILES string of the molecule is COC(=O)CC(c1oc(CN2CCN(c3ccc(OC)cc3)CC2)cc(=O)c1O)c1c(C)nn(C2CCS(=O)(=O)C2)c1C. The van der Waals surface area contributed by atoms with Crippen molar-refractivity contribution in [3.8, 4) is 11.5 Å². The predicted molar refractivity (Wildman–Crippen MR) is 160 cm³/mol. The number of rotatable bonds is 9. The predicted octanol–water partition coefficient (Wildman–Crippen LogP) is 2.54. The lowest BCUT2D eigenvalue weighted by molar-refractivity contribution is -0.140. The number of anilines is 1. The van der Waals surface area contributed by atoms with E-state index in [1.165, 1.54) is 13.2 Å². The fourth-order valence-electron chi connectivity index (χ4n) is 6.13. The first-order valence-corrected chi connectivity index (χ1v) is 16.1. The first kappa shape index (κ1) is 30.6. The van der Waals surface area contributed by atoms with Crippen LogP contribution in [0.3, 0.4) is 0 Å². The van der Waals surface area contributed by atoms with Gasteiger partial charge in [-0.25, -0.2) is 8.42 Å². The first-order chi connectivity index (χ1) is 20.5. The summed E-state index contributed by atoms with van der Waals surface area (Å²) >= 11 is 0. The Morgan fingerprint density at radius 3 is 2.44 bits per heavy atom. The fraction of sp³-hybridized carbons (Fsp3) is 0.500. The van der Waals surface area contributed by atoms with Gasteiger partial charge in [0.25, 0.3) is 0 Å². The number of aromatic hydroxyl groups is 1. The molecule has 2 aliphatic rings. The van der Waals surface area contributed by atoms with Gasteiger partial charge >= 0.3 is 5.97 Å². The number of piperazine rings is 1. The van der Waals surface area contributed by atoms with Crippen LogP contribution in [-0.2, 0) is 25.9 Å². The average molecular weight is 615 g/mol. The molecule has 4 heterocycles. The molecule has 0 bridgehead atoms. The summed E-state index contributed by atoms with van der Waals surface area (Å²) < 4.78 is 42.4. The molecule has 0 amide bonds. The number of carbonyl (C=O) groups is 1. The molecule has 13 heteroatoms. The van der Waals surface area contributed by atoms with Gasteiger partial charge in [-0.05, 0) is 44.5 Å². The Bertz CT molecular complexity index is 1640. The standard InChI is InChI=1S/C30H38N4O8S/c1-19-28(20(2)34(31-19)22-9-14-43(38,39)18-22)25(16-27(36)41-4)30-29(37)26(35)15-24(42-30)17-32-10-12-33(13-11-32)21-5-7-23(40-3)8-6-21/h5-8,15,22,25,37H,9-14,16-18H2,1-4H3. The van der Waals surface area contributed by atoms with E-state index in [-0.39, 0.29) is 29.7 Å². The summed E-state index contributed by atoms with van der Waals surface area (Å²) in [5.74, 6) is -0.779. The summed E-state index contributed by atoms with van der Waals surface area (Å²) in [6, 6.07) is 8.87. The molecule has 2 aliphatic heterocycles. The van der Waals surface area contributed by atoms with Crippen LogP contribution in [-0.4, -0.2) is 86.1 Å². The minimum Gasteiger partial charge on any atom is -0.502 e. The van der Waals surface area contributed by atoms with Crippen molar-refractivity contribution in [2.45, 2.75) is 45.2 Å². The van der Waals surface area contributed by atoms with Crippen LogP contribution in [0.15, 0.2) is 39.5 Å². The third kappa shape index (κ3) is 6.57. The lowest BCUT2D eigenvalue weighted by atomic mass is 9.90. The van der Waals surface area contributed by atoms with Gasteiger partial charge in [-0.15, -0.1) is 0 Å². The summed E-state index contributed by atoms with van der Waals surface area (Å²) in [5, 5.41) is 15.5. The number of aryl methyl sites for hydroxylation is 1. The molecule has 12 nitrogen and oxygen atoms in total. The second kappa shape index (κ2) is 12.4. The maximum atomic E-state index is 13.0. The molecule has 0 saturated carbocycles. The Morgan fingerprint density at radius 2 is 1.84 bits per heavy atom. The van der Waals surface area contributed by atoms with Gasteiger partial charge in [0.05, 0.1) is 56.3 Å². The van der Waals surface area contributed by atoms with Crippen LogP contribution in [0.1, 0.15) is 53.3 Å². The van der Waals surface area contributed by atoms with E-state index in [1.807, 2.05) is 24.3 Å². The second-order valence-corrected chi connectivity index (χ2v) is 13.4. The van der Waals surface area contributed by atoms with Crippen LogP contribution >= 0.6 is 0 Å². The van der Waals surface area contributed by atoms with Crippen molar-refractivity contribution >= 4 is 21.5 Å². The Balaban J connectivity index is 1.41. The third-order valence-corrected chi connectivity index (χ3v) is 10.1. The maximum Gasteiger partial charge on any atom is 0.306 e. The molecule has 5 rings (SSSR count). The van der Waals surface area contributed by atoms with Gasteiger partial charge < -0.3 is 23.9 Å². The van der Waals surface area contributed by atoms with Crippen LogP contribution in [0.2, 0.25) is 0 Å². The van der Waals surface area contributed by atoms with E-state index < -0.39 is 32.9 Å². The highest BCUT2D eigenvalue weighted by molar-refractivity contribution is 7.91. The smallest absolute Gasteiger partial charge is 0.306 e. The summed E-state index contributed by atoms with van der Waals surface area (Å²) in [7, 11) is -0.256. The van der Waals surface area contributed by atoms with Crippen LogP contribution in [0.5, 0.6) is 11.5 Å². The number of hydrogen-bond donors (Lipinski definition) is 1. The molecule has 2 fully saturated rings. The van der Waals surface area contributed by atoms with Crippen LogP contribution in [0.25, 0.3) is 0 Å². The largest absolute Gasteiger partial charge is 0.502 e. The van der Waals surface area contributed by atoms with Crippen molar-refractivity contribution in [2.24, 2.45) is 0 Å². The molecule has 3 aromatic rings. The normalized spacial score (nSPS) is 19.3. The summed E-state index contributed by atoms with van der Waals surface area (Å²) in [5.41, 5.74) is 2.30. The van der Waals surface area contributed by atoms with Crippen molar-refractivity contribution in [1.29, 1.82) is 0 Å². The van der Waals surface area contributed by atoms with E-state index >= 15 is 0 Å². The lowest BCUT2D eigenvalue weighted by Crippen LogP contribution is -2.46. The minimum absolute atomic E-state index is 0.0163. The Hall–Kier alpha value is -3.84. The van der Waals surface area contributed by atoms with Crippen molar-refractivity contribution in [1.82, 2.24) is 14.7 Å². The number of benzene rings is 1. The van der Waals surface area contributed by atoms with Crippen LogP contribution in [0.4, 0.5) is 5.69 Å². The monoisotopic (exact) mass is 614 g/mol. The van der Waals surface area contributed by atoms with E-state index in [2.05, 4.69) is 14.9 Å². The lowest BCUT2D eigenvalue weighted by Gasteiger charge is -2.36. The quantitative estimate of drug-likeness (QED) is 0.355. The van der Waals surface area contributed by atoms with Crippen LogP contribution in [0, 0.1) is 13.8 Å². The molecule has 2 saturated heterocycles. The molecule has 2 atom stereocenters. The molecular formula is C30H38N4O8S. The van der Waals surface area contributed by atoms with E-state index in [0.717, 1.165) is 37.6 Å². The van der Waals surface area contributed by atoms with Crippen molar-refractivity contribution < 1.29 is 32.2 Å². The van der Waals surface area contributed by atoms with Gasteiger partial charge in [0.15, 0.2) is 15.6 Å². The topological polar surface area (TPSA) is 144 Å².